The van der Waals surface area contributed by atoms with Gasteiger partial charge in [-0.05, 0) is 48.9 Å². The number of halogens is 1. The molecule has 0 bridgehead atoms. The van der Waals surface area contributed by atoms with Crippen molar-refractivity contribution in [2.24, 2.45) is 5.92 Å². The number of likely N-dealkylation sites (tertiary alicyclic amines) is 1. The first kappa shape index (κ1) is 21.7. The second kappa shape index (κ2) is 10.1. The molecule has 27 heavy (non-hydrogen) atoms. The van der Waals surface area contributed by atoms with E-state index in [1.165, 1.54) is 0 Å². The van der Waals surface area contributed by atoms with E-state index in [-0.39, 0.29) is 23.6 Å². The third-order valence-corrected chi connectivity index (χ3v) is 5.85. The van der Waals surface area contributed by atoms with Crippen molar-refractivity contribution >= 4 is 40.8 Å². The summed E-state index contributed by atoms with van der Waals surface area (Å²) < 4.78 is 0. The average Bonchev–Trinajstić information content (AvgIpc) is 3.33. The molecule has 3 N–H and O–H groups in total. The molecule has 1 saturated heterocycles. The van der Waals surface area contributed by atoms with Crippen LogP contribution >= 0.6 is 23.1 Å². The van der Waals surface area contributed by atoms with Crippen LogP contribution in [0.3, 0.4) is 0 Å². The van der Waals surface area contributed by atoms with Gasteiger partial charge in [0.05, 0.1) is 12.6 Å². The molecular formula is C18H27ClN4O3S. The van der Waals surface area contributed by atoms with Crippen molar-refractivity contribution in [2.45, 2.75) is 58.3 Å². The second-order valence-electron chi connectivity index (χ2n) is 7.05. The predicted octanol–water partition coefficient (Wildman–Crippen LogP) is 1.63. The number of hydrogen-bond donors (Lipinski definition) is 3. The molecule has 1 aromatic rings. The molecule has 1 fully saturated rings. The lowest BCUT2D eigenvalue weighted by Crippen LogP contribution is -2.56. The van der Waals surface area contributed by atoms with Gasteiger partial charge in [-0.1, -0.05) is 19.9 Å². The van der Waals surface area contributed by atoms with Gasteiger partial charge in [-0.2, -0.15) is 0 Å². The fourth-order valence-corrected chi connectivity index (χ4v) is 3.77. The van der Waals surface area contributed by atoms with Gasteiger partial charge >= 0.3 is 0 Å². The molecule has 2 rings (SSSR count). The van der Waals surface area contributed by atoms with Crippen LogP contribution in [-0.2, 0) is 20.9 Å². The largest absolute Gasteiger partial charge is 0.349 e. The summed E-state index contributed by atoms with van der Waals surface area (Å²) in [6.45, 7) is 6.31. The molecule has 0 aliphatic carbocycles. The van der Waals surface area contributed by atoms with Gasteiger partial charge in [0.1, 0.15) is 12.1 Å². The normalized spacial score (nSPS) is 19.0. The Labute approximate surface area is 168 Å². The van der Waals surface area contributed by atoms with Crippen LogP contribution in [0.5, 0.6) is 0 Å². The van der Waals surface area contributed by atoms with Crippen LogP contribution in [0.1, 0.15) is 38.5 Å². The first-order chi connectivity index (χ1) is 12.8. The summed E-state index contributed by atoms with van der Waals surface area (Å²) >= 11 is 7.08. The maximum Gasteiger partial charge on any atom is 0.246 e. The first-order valence-corrected chi connectivity index (χ1v) is 10.4. The molecule has 0 spiro atoms. The third kappa shape index (κ3) is 5.67. The Balaban J connectivity index is 2.02. The number of carbonyl (C=O) groups is 3. The number of carbonyl (C=O) groups excluding carboxylic acids is 3. The summed E-state index contributed by atoms with van der Waals surface area (Å²) in [5.41, 5.74) is 0. The number of thiophene rings is 1. The van der Waals surface area contributed by atoms with E-state index < -0.39 is 18.1 Å². The first-order valence-electron chi connectivity index (χ1n) is 9.12. The molecule has 7 nitrogen and oxygen atoms in total. The highest BCUT2D eigenvalue weighted by atomic mass is 35.5. The molecular weight excluding hydrogens is 388 g/mol. The standard InChI is InChI=1S/C18H27ClN4O3S/c1-11(2)15(21-16(24)12(3)22-19)18(26)23-8-4-7-14(23)17(25)20-10-13-6-5-9-27-13/h5-6,9,11-12,14-15,22H,4,7-8,10H2,1-3H3,(H,20,25)(H,21,24). The Bertz CT molecular complexity index is 653. The minimum Gasteiger partial charge on any atom is -0.349 e. The minimum absolute atomic E-state index is 0.112. The van der Waals surface area contributed by atoms with Crippen molar-refractivity contribution in [1.29, 1.82) is 0 Å². The van der Waals surface area contributed by atoms with Crippen molar-refractivity contribution in [3.8, 4) is 0 Å². The Hall–Kier alpha value is -1.64. The van der Waals surface area contributed by atoms with Crippen LogP contribution in [0.2, 0.25) is 0 Å². The molecule has 0 radical (unpaired) electrons. The maximum absolute atomic E-state index is 13.1. The summed E-state index contributed by atoms with van der Waals surface area (Å²) in [6, 6.07) is 2.07. The molecule has 9 heteroatoms. The second-order valence-corrected chi connectivity index (χ2v) is 8.30. The topological polar surface area (TPSA) is 90.5 Å². The van der Waals surface area contributed by atoms with E-state index in [2.05, 4.69) is 15.5 Å². The Morgan fingerprint density at radius 1 is 1.33 bits per heavy atom. The van der Waals surface area contributed by atoms with Crippen LogP contribution < -0.4 is 15.5 Å². The lowest BCUT2D eigenvalue weighted by Gasteiger charge is -2.31. The molecule has 0 saturated carbocycles. The summed E-state index contributed by atoms with van der Waals surface area (Å²) in [7, 11) is 0. The average molecular weight is 415 g/mol. The Morgan fingerprint density at radius 2 is 2.07 bits per heavy atom. The number of nitrogens with one attached hydrogen (secondary N) is 3. The fraction of sp³-hybridized carbons (Fsp3) is 0.611. The monoisotopic (exact) mass is 414 g/mol. The van der Waals surface area contributed by atoms with Crippen LogP contribution in [0.15, 0.2) is 17.5 Å². The number of amides is 3. The van der Waals surface area contributed by atoms with E-state index in [1.807, 2.05) is 31.4 Å². The van der Waals surface area contributed by atoms with Crippen molar-refractivity contribution in [1.82, 2.24) is 20.4 Å². The molecule has 150 valence electrons. The lowest BCUT2D eigenvalue weighted by molar-refractivity contribution is -0.142. The molecule has 2 heterocycles. The van der Waals surface area contributed by atoms with Gasteiger partial charge < -0.3 is 15.5 Å². The van der Waals surface area contributed by atoms with Crippen molar-refractivity contribution in [3.05, 3.63) is 22.4 Å². The zero-order chi connectivity index (χ0) is 20.0. The highest BCUT2D eigenvalue weighted by Crippen LogP contribution is 2.21. The smallest absolute Gasteiger partial charge is 0.246 e. The van der Waals surface area contributed by atoms with E-state index in [1.54, 1.807) is 23.2 Å². The quantitative estimate of drug-likeness (QED) is 0.564. The van der Waals surface area contributed by atoms with Gasteiger partial charge in [0.25, 0.3) is 0 Å². The summed E-state index contributed by atoms with van der Waals surface area (Å²) in [6.07, 6.45) is 1.39. The Morgan fingerprint density at radius 3 is 2.67 bits per heavy atom. The SMILES string of the molecule is CC(NCl)C(=O)NC(C(=O)N1CCCC1C(=O)NCc1cccs1)C(C)C. The minimum atomic E-state index is -0.698. The van der Waals surface area contributed by atoms with Gasteiger partial charge in [0.2, 0.25) is 17.7 Å². The van der Waals surface area contributed by atoms with Gasteiger partial charge in [-0.15, -0.1) is 11.3 Å². The molecule has 3 unspecified atom stereocenters. The van der Waals surface area contributed by atoms with Crippen LogP contribution in [0, 0.1) is 5.92 Å². The number of rotatable bonds is 8. The zero-order valence-corrected chi connectivity index (χ0v) is 17.4. The van der Waals surface area contributed by atoms with E-state index >= 15 is 0 Å². The van der Waals surface area contributed by atoms with Gasteiger partial charge in [0.15, 0.2) is 0 Å². The summed E-state index contributed by atoms with van der Waals surface area (Å²) in [4.78, 5) is 42.8. The van der Waals surface area contributed by atoms with Crippen molar-refractivity contribution in [2.75, 3.05) is 6.54 Å². The molecule has 1 aromatic heterocycles. The summed E-state index contributed by atoms with van der Waals surface area (Å²) in [5.74, 6) is -0.845. The zero-order valence-electron chi connectivity index (χ0n) is 15.8. The highest BCUT2D eigenvalue weighted by molar-refractivity contribution is 7.09. The number of hydrogen-bond acceptors (Lipinski definition) is 5. The molecule has 0 aromatic carbocycles. The summed E-state index contributed by atoms with van der Waals surface area (Å²) in [5, 5.41) is 7.62. The van der Waals surface area contributed by atoms with E-state index in [0.717, 1.165) is 11.3 Å². The van der Waals surface area contributed by atoms with Gasteiger partial charge in [0, 0.05) is 11.4 Å². The van der Waals surface area contributed by atoms with Crippen molar-refractivity contribution in [3.63, 3.8) is 0 Å². The van der Waals surface area contributed by atoms with Crippen LogP contribution in [0.25, 0.3) is 0 Å². The van der Waals surface area contributed by atoms with Crippen molar-refractivity contribution < 1.29 is 14.4 Å². The fourth-order valence-electron chi connectivity index (χ4n) is 3.03. The van der Waals surface area contributed by atoms with Gasteiger partial charge in [-0.25, -0.2) is 4.84 Å². The van der Waals surface area contributed by atoms with E-state index in [4.69, 9.17) is 11.8 Å². The maximum atomic E-state index is 13.1. The molecule has 1 aliphatic rings. The van der Waals surface area contributed by atoms with E-state index in [9.17, 15) is 14.4 Å². The third-order valence-electron chi connectivity index (χ3n) is 4.64. The Kier molecular flexibility index (Phi) is 8.07. The molecule has 3 amide bonds. The molecule has 1 aliphatic heterocycles. The van der Waals surface area contributed by atoms with Crippen LogP contribution in [-0.4, -0.2) is 47.3 Å². The molecule has 3 atom stereocenters. The van der Waals surface area contributed by atoms with E-state index in [0.29, 0.717) is 19.5 Å². The predicted molar refractivity (Wildman–Crippen MR) is 106 cm³/mol. The highest BCUT2D eigenvalue weighted by Gasteiger charge is 2.38. The van der Waals surface area contributed by atoms with Gasteiger partial charge in [-0.3, -0.25) is 14.4 Å². The lowest BCUT2D eigenvalue weighted by atomic mass is 10.0. The number of nitrogens with zero attached hydrogens (tertiary/aromatic N) is 1. The van der Waals surface area contributed by atoms with Crippen LogP contribution in [0.4, 0.5) is 0 Å².